The summed E-state index contributed by atoms with van der Waals surface area (Å²) in [6.07, 6.45) is 1.73. The number of nitrogens with zero attached hydrogens (tertiary/aromatic N) is 1. The Labute approximate surface area is 148 Å². The first-order chi connectivity index (χ1) is 11.7. The third kappa shape index (κ3) is 4.69. The number of esters is 1. The molecule has 144 valence electrons. The predicted molar refractivity (Wildman–Crippen MR) is 89.3 cm³/mol. The molecule has 1 fully saturated rings. The molecule has 0 saturated carbocycles. The normalized spacial score (nSPS) is 28.9. The molecule has 0 aromatic carbocycles. The maximum atomic E-state index is 13.0. The Morgan fingerprint density at radius 3 is 2.32 bits per heavy atom. The average Bonchev–Trinajstić information content (AvgIpc) is 3.22. The van der Waals surface area contributed by atoms with Gasteiger partial charge in [-0.15, -0.1) is 0 Å². The van der Waals surface area contributed by atoms with Gasteiger partial charge in [-0.05, 0) is 20.8 Å². The van der Waals surface area contributed by atoms with Gasteiger partial charge >= 0.3 is 13.7 Å². The van der Waals surface area contributed by atoms with Crippen molar-refractivity contribution in [2.24, 2.45) is 0 Å². The molecule has 0 aromatic heterocycles. The second-order valence-electron chi connectivity index (χ2n) is 5.62. The summed E-state index contributed by atoms with van der Waals surface area (Å²) in [5, 5.41) is 0. The van der Waals surface area contributed by atoms with Crippen molar-refractivity contribution in [3.8, 4) is 0 Å². The number of ether oxygens (including phenoxy) is 1. The Kier molecular flexibility index (Phi) is 6.45. The van der Waals surface area contributed by atoms with E-state index >= 15 is 0 Å². The zero-order valence-electron chi connectivity index (χ0n) is 14.7. The lowest BCUT2D eigenvalue weighted by Gasteiger charge is -2.21. The summed E-state index contributed by atoms with van der Waals surface area (Å²) >= 11 is 0. The molecule has 0 radical (unpaired) electrons. The first-order valence-electron chi connectivity index (χ1n) is 8.10. The molecule has 2 aliphatic rings. The summed E-state index contributed by atoms with van der Waals surface area (Å²) in [4.78, 5) is 12.0. The molecule has 9 nitrogen and oxygen atoms in total. The van der Waals surface area contributed by atoms with E-state index in [0.29, 0.717) is 5.57 Å². The predicted octanol–water partition coefficient (Wildman–Crippen LogP) is 1.46. The molecule has 0 N–H and O–H groups in total. The van der Waals surface area contributed by atoms with Crippen LogP contribution in [-0.2, 0) is 37.4 Å². The lowest BCUT2D eigenvalue weighted by atomic mass is 9.97. The van der Waals surface area contributed by atoms with Crippen LogP contribution in [0.2, 0.25) is 0 Å². The zero-order valence-corrected chi connectivity index (χ0v) is 16.4. The fraction of sp³-hybridized carbons (Fsp3) is 0.786. The molecule has 1 saturated heterocycles. The van der Waals surface area contributed by atoms with Gasteiger partial charge in [0.2, 0.25) is 0 Å². The van der Waals surface area contributed by atoms with Crippen LogP contribution in [0.3, 0.4) is 0 Å². The van der Waals surface area contributed by atoms with Crippen LogP contribution in [0.4, 0.5) is 0 Å². The largest absolute Gasteiger partial charge is 0.463 e. The highest BCUT2D eigenvalue weighted by Crippen LogP contribution is 2.64. The average molecular weight is 397 g/mol. The van der Waals surface area contributed by atoms with E-state index in [1.54, 1.807) is 26.8 Å². The van der Waals surface area contributed by atoms with Crippen LogP contribution in [0.1, 0.15) is 27.2 Å². The molecule has 0 spiro atoms. The Bertz CT molecular complexity index is 681. The molecule has 1 aliphatic heterocycles. The molecule has 0 bridgehead atoms. The monoisotopic (exact) mass is 397 g/mol. The maximum Gasteiger partial charge on any atom is 0.409 e. The van der Waals surface area contributed by atoms with Crippen molar-refractivity contribution >= 4 is 23.8 Å². The van der Waals surface area contributed by atoms with Crippen LogP contribution < -0.4 is 0 Å². The van der Waals surface area contributed by atoms with Crippen LogP contribution in [0.15, 0.2) is 11.6 Å². The van der Waals surface area contributed by atoms with E-state index in [9.17, 15) is 17.8 Å². The fourth-order valence-electron chi connectivity index (χ4n) is 2.95. The molecular weight excluding hydrogens is 373 g/mol. The fourth-order valence-corrected chi connectivity index (χ4v) is 5.65. The number of hydrogen-bond acceptors (Lipinski definition) is 8. The molecule has 2 rings (SSSR count). The number of carbonyl (C=O) groups excluding carboxylic acids is 1. The second kappa shape index (κ2) is 7.85. The van der Waals surface area contributed by atoms with Crippen molar-refractivity contribution in [2.45, 2.75) is 45.4 Å². The van der Waals surface area contributed by atoms with Crippen LogP contribution in [0.5, 0.6) is 0 Å². The van der Waals surface area contributed by atoms with Crippen molar-refractivity contribution < 1.29 is 35.7 Å². The standard InChI is InChI=1S/C14H24NO8PS/c1-5-20-14(16)10-8-11-13(12(9-10)23-25(4,18)19)15(11)24(17,21-6-2)22-7-3/h8,11-13H,5-7,9H2,1-4H3/t11-,12-,13-,15?/m0/s1. The van der Waals surface area contributed by atoms with Gasteiger partial charge in [0.25, 0.3) is 10.1 Å². The molecule has 0 amide bonds. The van der Waals surface area contributed by atoms with Crippen molar-refractivity contribution in [1.29, 1.82) is 0 Å². The maximum absolute atomic E-state index is 13.0. The lowest BCUT2D eigenvalue weighted by molar-refractivity contribution is -0.139. The molecule has 0 aromatic rings. The van der Waals surface area contributed by atoms with Crippen LogP contribution in [-0.4, -0.2) is 63.3 Å². The van der Waals surface area contributed by atoms with Crippen LogP contribution in [0, 0.1) is 0 Å². The van der Waals surface area contributed by atoms with Gasteiger partial charge in [-0.2, -0.15) is 13.1 Å². The summed E-state index contributed by atoms with van der Waals surface area (Å²) in [6, 6.07) is -0.972. The summed E-state index contributed by atoms with van der Waals surface area (Å²) in [7, 11) is -7.36. The minimum Gasteiger partial charge on any atom is -0.463 e. The third-order valence-electron chi connectivity index (χ3n) is 3.75. The highest BCUT2D eigenvalue weighted by atomic mass is 32.2. The van der Waals surface area contributed by atoms with Gasteiger partial charge in [0.05, 0.1) is 44.3 Å². The van der Waals surface area contributed by atoms with Crippen LogP contribution >= 0.6 is 7.75 Å². The third-order valence-corrected chi connectivity index (χ3v) is 6.61. The highest BCUT2D eigenvalue weighted by Gasteiger charge is 2.64. The van der Waals surface area contributed by atoms with E-state index in [1.807, 2.05) is 0 Å². The Morgan fingerprint density at radius 2 is 1.84 bits per heavy atom. The van der Waals surface area contributed by atoms with Gasteiger partial charge in [-0.1, -0.05) is 6.08 Å². The van der Waals surface area contributed by atoms with Crippen molar-refractivity contribution in [3.05, 3.63) is 11.6 Å². The van der Waals surface area contributed by atoms with E-state index in [1.165, 1.54) is 4.67 Å². The first kappa shape index (κ1) is 20.5. The first-order valence-corrected chi connectivity index (χ1v) is 11.4. The van der Waals surface area contributed by atoms with E-state index in [0.717, 1.165) is 6.26 Å². The summed E-state index contributed by atoms with van der Waals surface area (Å²) in [5.74, 6) is -0.544. The Hall–Kier alpha value is -0.770. The summed E-state index contributed by atoms with van der Waals surface area (Å²) in [6.45, 7) is 5.57. The smallest absolute Gasteiger partial charge is 0.409 e. The van der Waals surface area contributed by atoms with Crippen molar-refractivity contribution in [1.82, 2.24) is 4.67 Å². The molecule has 25 heavy (non-hydrogen) atoms. The SMILES string of the molecule is CCOC(=O)C1=C[C@H]2[C@@H]([C@@H](OS(C)(=O)=O)C1)N2P(=O)(OCC)OCC. The number of fused-ring (bicyclic) bond motifs is 1. The topological polar surface area (TPSA) is 108 Å². The number of carbonyl (C=O) groups is 1. The van der Waals surface area contributed by atoms with Gasteiger partial charge in [-0.3, -0.25) is 13.2 Å². The molecule has 11 heteroatoms. The highest BCUT2D eigenvalue weighted by molar-refractivity contribution is 7.86. The lowest BCUT2D eigenvalue weighted by Crippen LogP contribution is -2.30. The van der Waals surface area contributed by atoms with Crippen molar-refractivity contribution in [3.63, 3.8) is 0 Å². The van der Waals surface area contributed by atoms with E-state index in [4.69, 9.17) is 18.0 Å². The van der Waals surface area contributed by atoms with E-state index in [2.05, 4.69) is 0 Å². The Balaban J connectivity index is 2.31. The van der Waals surface area contributed by atoms with Gasteiger partial charge in [0, 0.05) is 12.0 Å². The van der Waals surface area contributed by atoms with E-state index in [-0.39, 0.29) is 26.2 Å². The quantitative estimate of drug-likeness (QED) is 0.247. The molecule has 1 aliphatic carbocycles. The van der Waals surface area contributed by atoms with Gasteiger partial charge in [0.1, 0.15) is 0 Å². The Morgan fingerprint density at radius 1 is 1.24 bits per heavy atom. The van der Waals surface area contributed by atoms with E-state index < -0.39 is 42.0 Å². The number of rotatable bonds is 9. The van der Waals surface area contributed by atoms with Gasteiger partial charge in [0.15, 0.2) is 0 Å². The summed E-state index contributed by atoms with van der Waals surface area (Å²) < 4.78 is 58.3. The minimum absolute atomic E-state index is 0.0435. The minimum atomic E-state index is -3.76. The second-order valence-corrected chi connectivity index (χ2v) is 9.14. The molecular formula is C14H24NO8PS. The molecule has 1 heterocycles. The molecule has 4 atom stereocenters. The van der Waals surface area contributed by atoms with Crippen LogP contribution in [0.25, 0.3) is 0 Å². The van der Waals surface area contributed by atoms with Gasteiger partial charge < -0.3 is 4.74 Å². The zero-order chi connectivity index (χ0) is 18.8. The number of hydrogen-bond donors (Lipinski definition) is 0. The summed E-state index contributed by atoms with van der Waals surface area (Å²) in [5.41, 5.74) is 0.291. The van der Waals surface area contributed by atoms with Gasteiger partial charge in [-0.25, -0.2) is 9.36 Å². The molecule has 1 unspecified atom stereocenters. The van der Waals surface area contributed by atoms with Crippen molar-refractivity contribution in [2.75, 3.05) is 26.1 Å².